The van der Waals surface area contributed by atoms with Gasteiger partial charge in [0.25, 0.3) is 0 Å². The molecule has 3 nitrogen and oxygen atoms in total. The number of rotatable bonds is 1. The molecule has 3 heteroatoms. The molecule has 0 atom stereocenters. The van der Waals surface area contributed by atoms with Crippen molar-refractivity contribution in [1.82, 2.24) is 9.78 Å². The Morgan fingerprint density at radius 3 is 2.59 bits per heavy atom. The smallest absolute Gasteiger partial charge is 0.166 e. The van der Waals surface area contributed by atoms with Crippen molar-refractivity contribution >= 4 is 5.78 Å². The second kappa shape index (κ2) is 3.69. The van der Waals surface area contributed by atoms with Crippen LogP contribution in [0.25, 0.3) is 0 Å². The number of ketones is 1. The summed E-state index contributed by atoms with van der Waals surface area (Å²) in [5, 5.41) is 4.58. The van der Waals surface area contributed by atoms with Gasteiger partial charge in [-0.15, -0.1) is 0 Å². The molecular weight excluding hydrogens is 212 g/mol. The van der Waals surface area contributed by atoms with Crippen molar-refractivity contribution in [3.05, 3.63) is 17.5 Å². The second-order valence-corrected chi connectivity index (χ2v) is 7.19. The Kier molecular flexibility index (Phi) is 2.68. The van der Waals surface area contributed by atoms with Gasteiger partial charge in [-0.1, -0.05) is 34.6 Å². The van der Waals surface area contributed by atoms with Crippen molar-refractivity contribution in [3.8, 4) is 0 Å². The fourth-order valence-electron chi connectivity index (χ4n) is 2.44. The highest BCUT2D eigenvalue weighted by molar-refractivity contribution is 5.98. The number of hydrogen-bond donors (Lipinski definition) is 0. The molecule has 0 amide bonds. The Bertz CT molecular complexity index is 449. The zero-order chi connectivity index (χ0) is 12.8. The summed E-state index contributed by atoms with van der Waals surface area (Å²) >= 11 is 0. The van der Waals surface area contributed by atoms with E-state index in [0.29, 0.717) is 6.42 Å². The molecule has 1 aliphatic rings. The number of nitrogens with zero attached hydrogens (tertiary/aromatic N) is 2. The van der Waals surface area contributed by atoms with Crippen molar-refractivity contribution in [1.29, 1.82) is 0 Å². The molecule has 94 valence electrons. The van der Waals surface area contributed by atoms with Gasteiger partial charge in [-0.25, -0.2) is 0 Å². The number of hydrogen-bond acceptors (Lipinski definition) is 2. The first kappa shape index (κ1) is 12.3. The quantitative estimate of drug-likeness (QED) is 0.748. The minimum absolute atomic E-state index is 0.0605. The molecule has 0 aliphatic heterocycles. The zero-order valence-electron chi connectivity index (χ0n) is 11.5. The maximum Gasteiger partial charge on any atom is 0.166 e. The summed E-state index contributed by atoms with van der Waals surface area (Å²) in [6.07, 6.45) is 3.48. The van der Waals surface area contributed by atoms with E-state index in [1.54, 1.807) is 0 Å². The topological polar surface area (TPSA) is 34.9 Å². The molecule has 0 bridgehead atoms. The predicted molar refractivity (Wildman–Crippen MR) is 68.1 cm³/mol. The van der Waals surface area contributed by atoms with Gasteiger partial charge in [-0.3, -0.25) is 9.48 Å². The number of aromatic nitrogens is 2. The molecule has 0 aromatic carbocycles. The lowest BCUT2D eigenvalue weighted by atomic mass is 9.76. The molecule has 0 spiro atoms. The van der Waals surface area contributed by atoms with E-state index in [1.807, 2.05) is 10.9 Å². The van der Waals surface area contributed by atoms with Gasteiger partial charge in [0.15, 0.2) is 5.78 Å². The van der Waals surface area contributed by atoms with Crippen LogP contribution in [0, 0.1) is 10.8 Å². The first-order chi connectivity index (χ1) is 7.66. The van der Waals surface area contributed by atoms with E-state index >= 15 is 0 Å². The molecule has 0 radical (unpaired) electrons. The molecule has 1 aromatic heterocycles. The number of fused-ring (bicyclic) bond motifs is 1. The van der Waals surface area contributed by atoms with Gasteiger partial charge in [0.2, 0.25) is 0 Å². The van der Waals surface area contributed by atoms with Gasteiger partial charge in [0.05, 0.1) is 11.3 Å². The highest BCUT2D eigenvalue weighted by Crippen LogP contribution is 2.34. The molecule has 17 heavy (non-hydrogen) atoms. The minimum atomic E-state index is 0.0605. The molecular formula is C14H22N2O. The van der Waals surface area contributed by atoms with Crippen LogP contribution in [0.15, 0.2) is 6.20 Å². The van der Waals surface area contributed by atoms with Crippen LogP contribution < -0.4 is 0 Å². The summed E-state index contributed by atoms with van der Waals surface area (Å²) in [5.74, 6) is 0.247. The monoisotopic (exact) mass is 234 g/mol. The van der Waals surface area contributed by atoms with Gasteiger partial charge in [-0.2, -0.15) is 5.10 Å². The number of carbonyl (C=O) groups excluding carboxylic acids is 1. The second-order valence-electron chi connectivity index (χ2n) is 7.19. The summed E-state index contributed by atoms with van der Waals surface area (Å²) < 4.78 is 1.93. The van der Waals surface area contributed by atoms with Gasteiger partial charge in [0.1, 0.15) is 0 Å². The van der Waals surface area contributed by atoms with Crippen LogP contribution in [0.4, 0.5) is 0 Å². The van der Waals surface area contributed by atoms with Crippen LogP contribution in [0.1, 0.15) is 57.1 Å². The van der Waals surface area contributed by atoms with E-state index in [-0.39, 0.29) is 16.6 Å². The molecule has 0 saturated heterocycles. The molecule has 2 rings (SSSR count). The average Bonchev–Trinajstić information content (AvgIpc) is 2.41. The Morgan fingerprint density at radius 2 is 2.00 bits per heavy atom. The highest BCUT2D eigenvalue weighted by atomic mass is 16.1. The van der Waals surface area contributed by atoms with Gasteiger partial charge >= 0.3 is 0 Å². The third-order valence-electron chi connectivity index (χ3n) is 3.06. The Hall–Kier alpha value is -1.12. The zero-order valence-corrected chi connectivity index (χ0v) is 11.5. The standard InChI is InChI=1S/C14H22N2O/c1-13(2,3)9-16-8-10-11(15-16)6-14(4,5)7-12(10)17/h8H,6-7,9H2,1-5H3. The lowest BCUT2D eigenvalue weighted by molar-refractivity contribution is 0.0912. The Balaban J connectivity index is 2.30. The average molecular weight is 234 g/mol. The SMILES string of the molecule is CC(C)(C)Cn1cc2c(n1)CC(C)(C)CC2=O. The van der Waals surface area contributed by atoms with Gasteiger partial charge in [0, 0.05) is 19.2 Å². The maximum absolute atomic E-state index is 12.0. The molecule has 1 aliphatic carbocycles. The van der Waals surface area contributed by atoms with Gasteiger partial charge < -0.3 is 0 Å². The third-order valence-corrected chi connectivity index (χ3v) is 3.06. The molecule has 1 heterocycles. The Morgan fingerprint density at radius 1 is 1.35 bits per heavy atom. The number of Topliss-reactive ketones (excluding diaryl/α,β-unsaturated/α-hetero) is 1. The number of carbonyl (C=O) groups is 1. The van der Waals surface area contributed by atoms with Crippen LogP contribution >= 0.6 is 0 Å². The molecule has 0 fully saturated rings. The fourth-order valence-corrected chi connectivity index (χ4v) is 2.44. The Labute approximate surface area is 103 Å². The van der Waals surface area contributed by atoms with E-state index in [1.165, 1.54) is 0 Å². The van der Waals surface area contributed by atoms with E-state index in [0.717, 1.165) is 24.2 Å². The third kappa shape index (κ3) is 2.76. The van der Waals surface area contributed by atoms with Crippen LogP contribution in [0.3, 0.4) is 0 Å². The predicted octanol–water partition coefficient (Wildman–Crippen LogP) is 3.08. The normalized spacial score (nSPS) is 19.2. The van der Waals surface area contributed by atoms with E-state index in [4.69, 9.17) is 0 Å². The van der Waals surface area contributed by atoms with Crippen LogP contribution in [0.5, 0.6) is 0 Å². The highest BCUT2D eigenvalue weighted by Gasteiger charge is 2.33. The maximum atomic E-state index is 12.0. The fraction of sp³-hybridized carbons (Fsp3) is 0.714. The first-order valence-corrected chi connectivity index (χ1v) is 6.26. The summed E-state index contributed by atoms with van der Waals surface area (Å²) in [4.78, 5) is 12.0. The minimum Gasteiger partial charge on any atom is -0.294 e. The largest absolute Gasteiger partial charge is 0.294 e. The van der Waals surface area contributed by atoms with E-state index in [9.17, 15) is 4.79 Å². The first-order valence-electron chi connectivity index (χ1n) is 6.26. The van der Waals surface area contributed by atoms with E-state index < -0.39 is 0 Å². The summed E-state index contributed by atoms with van der Waals surface area (Å²) in [6, 6.07) is 0. The lowest BCUT2D eigenvalue weighted by Gasteiger charge is -2.26. The molecule has 0 saturated carbocycles. The van der Waals surface area contributed by atoms with E-state index in [2.05, 4.69) is 39.7 Å². The molecule has 1 aromatic rings. The van der Waals surface area contributed by atoms with Crippen molar-refractivity contribution in [2.24, 2.45) is 10.8 Å². The van der Waals surface area contributed by atoms with Crippen molar-refractivity contribution in [3.63, 3.8) is 0 Å². The van der Waals surface area contributed by atoms with Crippen LogP contribution in [0.2, 0.25) is 0 Å². The lowest BCUT2D eigenvalue weighted by Crippen LogP contribution is -2.26. The summed E-state index contributed by atoms with van der Waals surface area (Å²) in [5.41, 5.74) is 2.07. The summed E-state index contributed by atoms with van der Waals surface area (Å²) in [7, 11) is 0. The summed E-state index contributed by atoms with van der Waals surface area (Å²) in [6.45, 7) is 11.7. The van der Waals surface area contributed by atoms with Crippen molar-refractivity contribution < 1.29 is 4.79 Å². The molecule has 0 unspecified atom stereocenters. The molecule has 0 N–H and O–H groups in total. The van der Waals surface area contributed by atoms with Crippen LogP contribution in [-0.4, -0.2) is 15.6 Å². The van der Waals surface area contributed by atoms with Crippen molar-refractivity contribution in [2.45, 2.75) is 54.0 Å². The van der Waals surface area contributed by atoms with Gasteiger partial charge in [-0.05, 0) is 17.3 Å². The van der Waals surface area contributed by atoms with Crippen LogP contribution in [-0.2, 0) is 13.0 Å². The van der Waals surface area contributed by atoms with Crippen molar-refractivity contribution in [2.75, 3.05) is 0 Å².